The standard InChI is InChI=1S/C16H30O2Si/c1-6-7-8-9-10-14(13-19(3,4)5)16(2)12-11-15(17)18-16/h13H,6-12H2,1-5H3/b14-13+. The Kier molecular flexibility index (Phi) is 5.84. The number of unbranched alkanes of at least 4 members (excludes halogenated alkanes) is 3. The van der Waals surface area contributed by atoms with Gasteiger partial charge in [0.2, 0.25) is 0 Å². The van der Waals surface area contributed by atoms with Crippen LogP contribution in [0.1, 0.15) is 58.8 Å². The van der Waals surface area contributed by atoms with E-state index in [0.29, 0.717) is 6.42 Å². The Hall–Kier alpha value is -0.573. The van der Waals surface area contributed by atoms with Crippen molar-refractivity contribution in [2.75, 3.05) is 0 Å². The third-order valence-electron chi connectivity index (χ3n) is 3.73. The molecule has 0 amide bonds. The number of carbonyl (C=O) groups excluding carboxylic acids is 1. The van der Waals surface area contributed by atoms with Gasteiger partial charge in [-0.15, -0.1) is 0 Å². The summed E-state index contributed by atoms with van der Waals surface area (Å²) >= 11 is 0. The number of esters is 1. The Morgan fingerprint density at radius 1 is 1.32 bits per heavy atom. The van der Waals surface area contributed by atoms with Crippen LogP contribution in [0.15, 0.2) is 11.3 Å². The van der Waals surface area contributed by atoms with Crippen LogP contribution < -0.4 is 0 Å². The van der Waals surface area contributed by atoms with Crippen LogP contribution in [0.2, 0.25) is 19.6 Å². The summed E-state index contributed by atoms with van der Waals surface area (Å²) in [6.45, 7) is 11.4. The fraction of sp³-hybridized carbons (Fsp3) is 0.812. The molecule has 0 bridgehead atoms. The zero-order chi connectivity index (χ0) is 14.5. The van der Waals surface area contributed by atoms with Gasteiger partial charge in [-0.2, -0.15) is 0 Å². The molecule has 0 spiro atoms. The van der Waals surface area contributed by atoms with Crippen molar-refractivity contribution in [1.29, 1.82) is 0 Å². The number of carbonyl (C=O) groups is 1. The lowest BCUT2D eigenvalue weighted by Crippen LogP contribution is -2.30. The Bertz CT molecular complexity index is 341. The summed E-state index contributed by atoms with van der Waals surface area (Å²) < 4.78 is 5.63. The van der Waals surface area contributed by atoms with Gasteiger partial charge in [0.25, 0.3) is 0 Å². The number of hydrogen-bond donors (Lipinski definition) is 0. The Morgan fingerprint density at radius 2 is 2.00 bits per heavy atom. The minimum Gasteiger partial charge on any atom is -0.455 e. The molecule has 1 rings (SSSR count). The molecule has 0 aromatic rings. The lowest BCUT2D eigenvalue weighted by atomic mass is 9.90. The number of hydrogen-bond acceptors (Lipinski definition) is 2. The molecule has 0 aromatic heterocycles. The van der Waals surface area contributed by atoms with Gasteiger partial charge in [-0.1, -0.05) is 51.5 Å². The molecule has 1 unspecified atom stereocenters. The molecule has 3 heteroatoms. The molecule has 0 aliphatic carbocycles. The summed E-state index contributed by atoms with van der Waals surface area (Å²) in [7, 11) is -1.28. The summed E-state index contributed by atoms with van der Waals surface area (Å²) in [5.41, 5.74) is 3.52. The molecule has 0 radical (unpaired) electrons. The maximum absolute atomic E-state index is 11.5. The quantitative estimate of drug-likeness (QED) is 0.379. The third kappa shape index (κ3) is 5.51. The minimum absolute atomic E-state index is 0.0301. The van der Waals surface area contributed by atoms with Crippen LogP contribution in [0.5, 0.6) is 0 Å². The van der Waals surface area contributed by atoms with Gasteiger partial charge in [-0.3, -0.25) is 4.79 Å². The summed E-state index contributed by atoms with van der Waals surface area (Å²) in [5.74, 6) is -0.0301. The van der Waals surface area contributed by atoms with Crippen molar-refractivity contribution < 1.29 is 9.53 Å². The first-order valence-corrected chi connectivity index (χ1v) is 11.3. The molecule has 1 fully saturated rings. The smallest absolute Gasteiger partial charge is 0.306 e. The molecule has 0 aromatic carbocycles. The van der Waals surface area contributed by atoms with Crippen molar-refractivity contribution >= 4 is 14.0 Å². The van der Waals surface area contributed by atoms with E-state index in [1.165, 1.54) is 31.3 Å². The predicted molar refractivity (Wildman–Crippen MR) is 83.9 cm³/mol. The summed E-state index contributed by atoms with van der Waals surface area (Å²) in [5, 5.41) is 0. The largest absolute Gasteiger partial charge is 0.455 e. The maximum Gasteiger partial charge on any atom is 0.306 e. The molecule has 0 N–H and O–H groups in total. The van der Waals surface area contributed by atoms with Crippen LogP contribution >= 0.6 is 0 Å². The third-order valence-corrected chi connectivity index (χ3v) is 4.95. The van der Waals surface area contributed by atoms with E-state index in [9.17, 15) is 4.79 Å². The van der Waals surface area contributed by atoms with E-state index in [4.69, 9.17) is 4.74 Å². The highest BCUT2D eigenvalue weighted by atomic mass is 28.3. The Labute approximate surface area is 119 Å². The number of rotatable bonds is 7. The van der Waals surface area contributed by atoms with Gasteiger partial charge in [0, 0.05) is 12.8 Å². The van der Waals surface area contributed by atoms with Crippen LogP contribution in [0.3, 0.4) is 0 Å². The molecular formula is C16H30O2Si. The second-order valence-corrected chi connectivity index (χ2v) is 12.1. The molecule has 2 nitrogen and oxygen atoms in total. The van der Waals surface area contributed by atoms with Crippen molar-refractivity contribution in [2.24, 2.45) is 0 Å². The Morgan fingerprint density at radius 3 is 2.47 bits per heavy atom. The van der Waals surface area contributed by atoms with Gasteiger partial charge in [-0.25, -0.2) is 0 Å². The monoisotopic (exact) mass is 282 g/mol. The highest BCUT2D eigenvalue weighted by Gasteiger charge is 2.39. The number of ether oxygens (including phenoxy) is 1. The van der Waals surface area contributed by atoms with Gasteiger partial charge in [0.15, 0.2) is 0 Å². The van der Waals surface area contributed by atoms with Gasteiger partial charge >= 0.3 is 5.97 Å². The SMILES string of the molecule is CCCCCC/C(=C\[Si](C)(C)C)C1(C)CCC(=O)O1. The lowest BCUT2D eigenvalue weighted by Gasteiger charge is -2.29. The van der Waals surface area contributed by atoms with Crippen LogP contribution in [0.25, 0.3) is 0 Å². The van der Waals surface area contributed by atoms with Crippen molar-refractivity contribution in [3.8, 4) is 0 Å². The predicted octanol–water partition coefficient (Wildman–Crippen LogP) is 4.86. The van der Waals surface area contributed by atoms with Crippen molar-refractivity contribution in [3.63, 3.8) is 0 Å². The average Bonchev–Trinajstić information content (AvgIpc) is 2.63. The molecular weight excluding hydrogens is 252 g/mol. The summed E-state index contributed by atoms with van der Waals surface area (Å²) in [6.07, 6.45) is 7.59. The molecule has 19 heavy (non-hydrogen) atoms. The molecule has 110 valence electrons. The van der Waals surface area contributed by atoms with Crippen molar-refractivity contribution in [3.05, 3.63) is 11.3 Å². The molecule has 1 aliphatic heterocycles. The van der Waals surface area contributed by atoms with Crippen LogP contribution in [0, 0.1) is 0 Å². The van der Waals surface area contributed by atoms with Crippen molar-refractivity contribution in [2.45, 2.75) is 84.0 Å². The first-order chi connectivity index (χ1) is 8.77. The highest BCUT2D eigenvalue weighted by Crippen LogP contribution is 2.36. The van der Waals surface area contributed by atoms with E-state index in [0.717, 1.165) is 12.8 Å². The maximum atomic E-state index is 11.5. The lowest BCUT2D eigenvalue weighted by molar-refractivity contribution is -0.145. The minimum atomic E-state index is -1.28. The zero-order valence-electron chi connectivity index (χ0n) is 13.3. The number of cyclic esters (lactones) is 1. The topological polar surface area (TPSA) is 26.3 Å². The Balaban J connectivity index is 2.75. The fourth-order valence-electron chi connectivity index (χ4n) is 2.67. The van der Waals surface area contributed by atoms with Gasteiger partial charge in [-0.05, 0) is 25.3 Å². The summed E-state index contributed by atoms with van der Waals surface area (Å²) in [4.78, 5) is 11.5. The molecule has 0 saturated carbocycles. The van der Waals surface area contributed by atoms with Crippen LogP contribution in [-0.2, 0) is 9.53 Å². The van der Waals surface area contributed by atoms with Gasteiger partial charge in [0.05, 0.1) is 8.07 Å². The van der Waals surface area contributed by atoms with Crippen molar-refractivity contribution in [1.82, 2.24) is 0 Å². The molecule has 1 heterocycles. The second-order valence-electron chi connectivity index (χ2n) is 7.05. The van der Waals surface area contributed by atoms with E-state index in [2.05, 4.69) is 39.2 Å². The van der Waals surface area contributed by atoms with Crippen LogP contribution in [0.4, 0.5) is 0 Å². The van der Waals surface area contributed by atoms with E-state index in [1.54, 1.807) is 0 Å². The molecule has 1 atom stereocenters. The van der Waals surface area contributed by atoms with Crippen LogP contribution in [-0.4, -0.2) is 19.6 Å². The highest BCUT2D eigenvalue weighted by molar-refractivity contribution is 6.81. The zero-order valence-corrected chi connectivity index (χ0v) is 14.3. The van der Waals surface area contributed by atoms with Gasteiger partial charge in [0.1, 0.15) is 5.60 Å². The average molecular weight is 282 g/mol. The van der Waals surface area contributed by atoms with E-state index >= 15 is 0 Å². The molecule has 1 aliphatic rings. The van der Waals surface area contributed by atoms with E-state index < -0.39 is 8.07 Å². The van der Waals surface area contributed by atoms with E-state index in [1.807, 2.05) is 0 Å². The molecule has 1 saturated heterocycles. The second kappa shape index (κ2) is 6.73. The first-order valence-electron chi connectivity index (χ1n) is 7.71. The van der Waals surface area contributed by atoms with E-state index in [-0.39, 0.29) is 11.6 Å². The fourth-order valence-corrected chi connectivity index (χ4v) is 4.17. The normalized spacial score (nSPS) is 24.7. The van der Waals surface area contributed by atoms with Gasteiger partial charge < -0.3 is 4.74 Å². The first kappa shape index (κ1) is 16.5. The summed E-state index contributed by atoms with van der Waals surface area (Å²) in [6, 6.07) is 0.